The highest BCUT2D eigenvalue weighted by Crippen LogP contribution is 2.27. The van der Waals surface area contributed by atoms with Gasteiger partial charge in [0.2, 0.25) is 0 Å². The van der Waals surface area contributed by atoms with Crippen molar-refractivity contribution < 1.29 is 4.74 Å². The van der Waals surface area contributed by atoms with E-state index in [2.05, 4.69) is 11.9 Å². The van der Waals surface area contributed by atoms with Gasteiger partial charge in [0.1, 0.15) is 0 Å². The van der Waals surface area contributed by atoms with Crippen molar-refractivity contribution >= 4 is 0 Å². The Morgan fingerprint density at radius 3 is 2.53 bits per heavy atom. The van der Waals surface area contributed by atoms with E-state index in [1.54, 1.807) is 7.11 Å². The smallest absolute Gasteiger partial charge is 0.0589 e. The van der Waals surface area contributed by atoms with Gasteiger partial charge in [-0.15, -0.1) is 0 Å². The summed E-state index contributed by atoms with van der Waals surface area (Å²) in [6.07, 6.45) is 10.2. The van der Waals surface area contributed by atoms with Crippen LogP contribution in [0.15, 0.2) is 0 Å². The Morgan fingerprint density at radius 1 is 1.13 bits per heavy atom. The van der Waals surface area contributed by atoms with Gasteiger partial charge in [0.15, 0.2) is 0 Å². The molecule has 0 spiro atoms. The van der Waals surface area contributed by atoms with E-state index in [0.29, 0.717) is 0 Å². The van der Waals surface area contributed by atoms with E-state index in [4.69, 9.17) is 4.74 Å². The minimum absolute atomic E-state index is 0.861. The SMILES string of the molecule is COCCN(C)CCCC1CCCCC1. The third-order valence-corrected chi connectivity index (χ3v) is 3.55. The standard InChI is InChI=1S/C13H27NO/c1-14(11-12-15-2)10-6-9-13-7-4-3-5-8-13/h13H,3-12H2,1-2H3. The zero-order valence-electron chi connectivity index (χ0n) is 10.5. The molecule has 1 fully saturated rings. The topological polar surface area (TPSA) is 12.5 Å². The summed E-state index contributed by atoms with van der Waals surface area (Å²) < 4.78 is 5.07. The molecular weight excluding hydrogens is 186 g/mol. The van der Waals surface area contributed by atoms with Crippen molar-refractivity contribution in [2.45, 2.75) is 44.9 Å². The highest BCUT2D eigenvalue weighted by molar-refractivity contribution is 4.66. The van der Waals surface area contributed by atoms with Crippen molar-refractivity contribution in [1.82, 2.24) is 4.90 Å². The lowest BCUT2D eigenvalue weighted by Gasteiger charge is -2.22. The molecule has 0 heterocycles. The zero-order valence-corrected chi connectivity index (χ0v) is 10.5. The van der Waals surface area contributed by atoms with Gasteiger partial charge >= 0.3 is 0 Å². The largest absolute Gasteiger partial charge is 0.383 e. The average molecular weight is 213 g/mol. The molecule has 2 heteroatoms. The number of methoxy groups -OCH3 is 1. The predicted molar refractivity (Wildman–Crippen MR) is 65.2 cm³/mol. The quantitative estimate of drug-likeness (QED) is 0.645. The van der Waals surface area contributed by atoms with Crippen LogP contribution in [0, 0.1) is 5.92 Å². The van der Waals surface area contributed by atoms with Gasteiger partial charge in [0.05, 0.1) is 6.61 Å². The molecule has 0 radical (unpaired) electrons. The fraction of sp³-hybridized carbons (Fsp3) is 1.00. The minimum atomic E-state index is 0.861. The Bertz CT molecular complexity index is 143. The van der Waals surface area contributed by atoms with E-state index in [1.165, 1.54) is 51.5 Å². The summed E-state index contributed by atoms with van der Waals surface area (Å²) in [6, 6.07) is 0. The van der Waals surface area contributed by atoms with Gasteiger partial charge in [0.25, 0.3) is 0 Å². The average Bonchev–Trinajstić information content (AvgIpc) is 2.28. The van der Waals surface area contributed by atoms with Crippen LogP contribution in [0.25, 0.3) is 0 Å². The van der Waals surface area contributed by atoms with Crippen molar-refractivity contribution in [3.8, 4) is 0 Å². The second kappa shape index (κ2) is 8.12. The fourth-order valence-corrected chi connectivity index (χ4v) is 2.48. The fourth-order valence-electron chi connectivity index (χ4n) is 2.48. The van der Waals surface area contributed by atoms with E-state index in [0.717, 1.165) is 19.1 Å². The van der Waals surface area contributed by atoms with Gasteiger partial charge in [-0.05, 0) is 32.4 Å². The lowest BCUT2D eigenvalue weighted by molar-refractivity contribution is 0.158. The first kappa shape index (κ1) is 13.0. The maximum atomic E-state index is 5.07. The molecular formula is C13H27NO. The molecule has 0 saturated heterocycles. The number of hydrogen-bond donors (Lipinski definition) is 0. The summed E-state index contributed by atoms with van der Waals surface area (Å²) in [5.74, 6) is 1.04. The lowest BCUT2D eigenvalue weighted by atomic mass is 9.86. The van der Waals surface area contributed by atoms with Gasteiger partial charge in [0, 0.05) is 13.7 Å². The molecule has 0 unspecified atom stereocenters. The van der Waals surface area contributed by atoms with Crippen LogP contribution < -0.4 is 0 Å². The first-order valence-electron chi connectivity index (χ1n) is 6.50. The van der Waals surface area contributed by atoms with Crippen LogP contribution in [0.5, 0.6) is 0 Å². The van der Waals surface area contributed by atoms with E-state index in [-0.39, 0.29) is 0 Å². The van der Waals surface area contributed by atoms with Gasteiger partial charge in [-0.1, -0.05) is 32.1 Å². The predicted octanol–water partition coefficient (Wildman–Crippen LogP) is 2.93. The number of nitrogens with zero attached hydrogens (tertiary/aromatic N) is 1. The number of likely N-dealkylation sites (N-methyl/N-ethyl adjacent to an activating group) is 1. The minimum Gasteiger partial charge on any atom is -0.383 e. The molecule has 0 N–H and O–H groups in total. The molecule has 1 saturated carbocycles. The lowest BCUT2D eigenvalue weighted by Crippen LogP contribution is -2.24. The first-order chi connectivity index (χ1) is 7.33. The van der Waals surface area contributed by atoms with Crippen LogP contribution >= 0.6 is 0 Å². The maximum Gasteiger partial charge on any atom is 0.0589 e. The number of ether oxygens (including phenoxy) is 1. The number of rotatable bonds is 7. The van der Waals surface area contributed by atoms with Crippen molar-refractivity contribution in [2.24, 2.45) is 5.92 Å². The Kier molecular flexibility index (Phi) is 7.03. The Balaban J connectivity index is 1.94. The van der Waals surface area contributed by atoms with Gasteiger partial charge in [-0.3, -0.25) is 0 Å². The first-order valence-corrected chi connectivity index (χ1v) is 6.50. The van der Waals surface area contributed by atoms with Crippen LogP contribution in [-0.4, -0.2) is 38.8 Å². The van der Waals surface area contributed by atoms with Crippen molar-refractivity contribution in [3.05, 3.63) is 0 Å². The molecule has 90 valence electrons. The summed E-state index contributed by atoms with van der Waals surface area (Å²) in [7, 11) is 3.97. The second-order valence-corrected chi connectivity index (χ2v) is 4.94. The summed E-state index contributed by atoms with van der Waals surface area (Å²) >= 11 is 0. The molecule has 0 amide bonds. The van der Waals surface area contributed by atoms with Gasteiger partial charge in [-0.2, -0.15) is 0 Å². The Morgan fingerprint density at radius 2 is 1.87 bits per heavy atom. The molecule has 15 heavy (non-hydrogen) atoms. The summed E-state index contributed by atoms with van der Waals surface area (Å²) in [6.45, 7) is 3.17. The number of hydrogen-bond acceptors (Lipinski definition) is 2. The Hall–Kier alpha value is -0.0800. The molecule has 1 aliphatic carbocycles. The van der Waals surface area contributed by atoms with Crippen LogP contribution in [-0.2, 0) is 4.74 Å². The zero-order chi connectivity index (χ0) is 10.9. The molecule has 1 aliphatic rings. The third-order valence-electron chi connectivity index (χ3n) is 3.55. The van der Waals surface area contributed by atoms with E-state index < -0.39 is 0 Å². The maximum absolute atomic E-state index is 5.07. The van der Waals surface area contributed by atoms with Gasteiger partial charge in [-0.25, -0.2) is 0 Å². The molecule has 1 rings (SSSR count). The van der Waals surface area contributed by atoms with Gasteiger partial charge < -0.3 is 9.64 Å². The molecule has 0 aromatic rings. The van der Waals surface area contributed by atoms with Crippen LogP contribution in [0.1, 0.15) is 44.9 Å². The van der Waals surface area contributed by atoms with Crippen molar-refractivity contribution in [3.63, 3.8) is 0 Å². The second-order valence-electron chi connectivity index (χ2n) is 4.94. The van der Waals surface area contributed by atoms with Crippen LogP contribution in [0.4, 0.5) is 0 Å². The highest BCUT2D eigenvalue weighted by atomic mass is 16.5. The normalized spacial score (nSPS) is 18.6. The van der Waals surface area contributed by atoms with Crippen LogP contribution in [0.3, 0.4) is 0 Å². The molecule has 0 bridgehead atoms. The third kappa shape index (κ3) is 6.16. The molecule has 0 atom stereocenters. The summed E-state index contributed by atoms with van der Waals surface area (Å²) in [5.41, 5.74) is 0. The molecule has 0 aliphatic heterocycles. The molecule has 2 nitrogen and oxygen atoms in total. The highest BCUT2D eigenvalue weighted by Gasteiger charge is 2.12. The molecule has 0 aromatic carbocycles. The molecule has 0 aromatic heterocycles. The summed E-state index contributed by atoms with van der Waals surface area (Å²) in [4.78, 5) is 2.38. The van der Waals surface area contributed by atoms with Crippen molar-refractivity contribution in [1.29, 1.82) is 0 Å². The van der Waals surface area contributed by atoms with E-state index in [9.17, 15) is 0 Å². The Labute approximate surface area is 95.0 Å². The van der Waals surface area contributed by atoms with Crippen LogP contribution in [0.2, 0.25) is 0 Å². The summed E-state index contributed by atoms with van der Waals surface area (Å²) in [5, 5.41) is 0. The van der Waals surface area contributed by atoms with E-state index >= 15 is 0 Å². The monoisotopic (exact) mass is 213 g/mol. The van der Waals surface area contributed by atoms with E-state index in [1.807, 2.05) is 0 Å². The van der Waals surface area contributed by atoms with Crippen molar-refractivity contribution in [2.75, 3.05) is 33.9 Å².